The van der Waals surface area contributed by atoms with Crippen molar-refractivity contribution in [3.63, 3.8) is 0 Å². The molecule has 0 atom stereocenters. The summed E-state index contributed by atoms with van der Waals surface area (Å²) in [5, 5.41) is 5.96. The lowest BCUT2D eigenvalue weighted by Gasteiger charge is -2.01. The molecule has 0 fully saturated rings. The zero-order valence-electron chi connectivity index (χ0n) is 13.3. The highest BCUT2D eigenvalue weighted by Gasteiger charge is 2.12. The van der Waals surface area contributed by atoms with E-state index in [1.165, 1.54) is 11.3 Å². The van der Waals surface area contributed by atoms with Gasteiger partial charge in [-0.3, -0.25) is 4.79 Å². The van der Waals surface area contributed by atoms with Gasteiger partial charge in [0.05, 0.1) is 17.8 Å². The van der Waals surface area contributed by atoms with Crippen molar-refractivity contribution in [1.29, 1.82) is 0 Å². The van der Waals surface area contributed by atoms with Crippen LogP contribution in [0.2, 0.25) is 0 Å². The highest BCUT2D eigenvalue weighted by Crippen LogP contribution is 2.21. The third-order valence-electron chi connectivity index (χ3n) is 3.32. The molecule has 0 N–H and O–H groups in total. The lowest BCUT2D eigenvalue weighted by atomic mass is 10.2. The molecule has 0 saturated heterocycles. The highest BCUT2D eigenvalue weighted by molar-refractivity contribution is 7.13. The van der Waals surface area contributed by atoms with Gasteiger partial charge in [-0.2, -0.15) is 4.68 Å². The van der Waals surface area contributed by atoms with Crippen LogP contribution in [0.3, 0.4) is 0 Å². The van der Waals surface area contributed by atoms with Crippen LogP contribution < -0.4 is 5.76 Å². The Morgan fingerprint density at radius 1 is 1.24 bits per heavy atom. The fourth-order valence-corrected chi connectivity index (χ4v) is 2.75. The number of rotatable bonds is 7. The van der Waals surface area contributed by atoms with Gasteiger partial charge < -0.3 is 9.15 Å². The average Bonchev–Trinajstić information content (AvgIpc) is 3.27. The first-order valence-corrected chi connectivity index (χ1v) is 8.59. The Kier molecular flexibility index (Phi) is 5.58. The van der Waals surface area contributed by atoms with Gasteiger partial charge in [-0.05, 0) is 23.1 Å². The molecule has 0 aliphatic rings. The topological polar surface area (TPSA) is 74.3 Å². The quantitative estimate of drug-likeness (QED) is 0.608. The molecule has 0 amide bonds. The van der Waals surface area contributed by atoms with E-state index < -0.39 is 11.7 Å². The molecule has 0 aliphatic heterocycles. The standard InChI is InChI=1S/C18H16N2O4S/c21-16(23-12-4-8-14-6-2-1-3-7-14)10-11-20-18(22)24-17(19-20)15-9-5-13-25-15/h1-9,13H,10-12H2. The van der Waals surface area contributed by atoms with E-state index in [0.29, 0.717) is 0 Å². The van der Waals surface area contributed by atoms with Gasteiger partial charge >= 0.3 is 11.7 Å². The van der Waals surface area contributed by atoms with Crippen LogP contribution in [0, 0.1) is 0 Å². The SMILES string of the molecule is O=C(CCn1nc(-c2cccs2)oc1=O)OCC=Cc1ccccc1. The smallest absolute Gasteiger partial charge is 0.437 e. The summed E-state index contributed by atoms with van der Waals surface area (Å²) in [5.41, 5.74) is 1.04. The Labute approximate surface area is 148 Å². The molecule has 3 aromatic rings. The van der Waals surface area contributed by atoms with Gasteiger partial charge in [0.15, 0.2) is 0 Å². The first-order chi connectivity index (χ1) is 12.2. The van der Waals surface area contributed by atoms with Crippen LogP contribution in [-0.4, -0.2) is 22.4 Å². The van der Waals surface area contributed by atoms with Crippen LogP contribution >= 0.6 is 11.3 Å². The minimum absolute atomic E-state index is 0.0511. The Hall–Kier alpha value is -2.93. The molecule has 0 radical (unpaired) electrons. The number of carbonyl (C=O) groups is 1. The first kappa shape index (κ1) is 16.9. The van der Waals surface area contributed by atoms with Crippen LogP contribution in [0.15, 0.2) is 63.1 Å². The van der Waals surface area contributed by atoms with Crippen LogP contribution in [0.5, 0.6) is 0 Å². The average molecular weight is 356 g/mol. The Balaban J connectivity index is 1.46. The summed E-state index contributed by atoms with van der Waals surface area (Å²) in [4.78, 5) is 24.3. The van der Waals surface area contributed by atoms with Crippen molar-refractivity contribution in [2.75, 3.05) is 6.61 Å². The highest BCUT2D eigenvalue weighted by atomic mass is 32.1. The largest absolute Gasteiger partial charge is 0.461 e. The number of ether oxygens (including phenoxy) is 1. The summed E-state index contributed by atoms with van der Waals surface area (Å²) in [5.74, 6) is -0.718. The van der Waals surface area contributed by atoms with E-state index in [2.05, 4.69) is 5.10 Å². The Morgan fingerprint density at radius 2 is 2.08 bits per heavy atom. The van der Waals surface area contributed by atoms with Gasteiger partial charge in [0.2, 0.25) is 0 Å². The van der Waals surface area contributed by atoms with Gasteiger partial charge in [-0.1, -0.05) is 42.5 Å². The second-order valence-corrected chi connectivity index (χ2v) is 6.07. The lowest BCUT2D eigenvalue weighted by molar-refractivity contribution is -0.142. The number of carbonyl (C=O) groups excluding carboxylic acids is 1. The van der Waals surface area contributed by atoms with E-state index in [-0.39, 0.29) is 25.5 Å². The van der Waals surface area contributed by atoms with Crippen LogP contribution in [-0.2, 0) is 16.1 Å². The van der Waals surface area contributed by atoms with Crippen molar-refractivity contribution in [2.45, 2.75) is 13.0 Å². The zero-order chi connectivity index (χ0) is 17.5. The molecule has 0 spiro atoms. The monoisotopic (exact) mass is 356 g/mol. The number of aryl methyl sites for hydroxylation is 1. The van der Waals surface area contributed by atoms with Crippen molar-refractivity contribution in [1.82, 2.24) is 9.78 Å². The number of thiophene rings is 1. The van der Waals surface area contributed by atoms with Crippen molar-refractivity contribution in [2.24, 2.45) is 0 Å². The zero-order valence-corrected chi connectivity index (χ0v) is 14.1. The summed E-state index contributed by atoms with van der Waals surface area (Å²) < 4.78 is 11.3. The summed E-state index contributed by atoms with van der Waals surface area (Å²) >= 11 is 1.43. The molecular weight excluding hydrogens is 340 g/mol. The summed E-state index contributed by atoms with van der Waals surface area (Å²) in [7, 11) is 0. The maximum absolute atomic E-state index is 11.7. The molecule has 2 heterocycles. The van der Waals surface area contributed by atoms with Crippen LogP contribution in [0.25, 0.3) is 16.8 Å². The van der Waals surface area contributed by atoms with Gasteiger partial charge in [-0.25, -0.2) is 4.79 Å². The molecular formula is C18H16N2O4S. The minimum Gasteiger partial charge on any atom is -0.461 e. The maximum atomic E-state index is 11.7. The van der Waals surface area contributed by atoms with E-state index in [4.69, 9.17) is 9.15 Å². The first-order valence-electron chi connectivity index (χ1n) is 7.71. The molecule has 0 unspecified atom stereocenters. The summed E-state index contributed by atoms with van der Waals surface area (Å²) in [6.07, 6.45) is 3.70. The van der Waals surface area contributed by atoms with Crippen molar-refractivity contribution in [3.8, 4) is 10.8 Å². The number of benzene rings is 1. The van der Waals surface area contributed by atoms with E-state index in [1.807, 2.05) is 53.9 Å². The van der Waals surface area contributed by atoms with Gasteiger partial charge in [0.1, 0.15) is 6.61 Å². The van der Waals surface area contributed by atoms with E-state index in [0.717, 1.165) is 15.1 Å². The second kappa shape index (κ2) is 8.25. The van der Waals surface area contributed by atoms with Gasteiger partial charge in [-0.15, -0.1) is 16.4 Å². The van der Waals surface area contributed by atoms with Crippen molar-refractivity contribution in [3.05, 3.63) is 70.0 Å². The van der Waals surface area contributed by atoms with Crippen LogP contribution in [0.4, 0.5) is 0 Å². The molecule has 2 aromatic heterocycles. The minimum atomic E-state index is -0.583. The number of esters is 1. The molecule has 0 aliphatic carbocycles. The molecule has 6 nitrogen and oxygen atoms in total. The molecule has 7 heteroatoms. The predicted octanol–water partition coefficient (Wildman–Crippen LogP) is 3.21. The number of aromatic nitrogens is 2. The third kappa shape index (κ3) is 4.77. The Bertz CT molecular complexity index is 895. The molecule has 3 rings (SSSR count). The summed E-state index contributed by atoms with van der Waals surface area (Å²) in [6, 6.07) is 13.4. The Morgan fingerprint density at radius 3 is 2.84 bits per heavy atom. The van der Waals surface area contributed by atoms with Crippen LogP contribution in [0.1, 0.15) is 12.0 Å². The van der Waals surface area contributed by atoms with Crippen molar-refractivity contribution < 1.29 is 13.9 Å². The van der Waals surface area contributed by atoms with E-state index in [1.54, 1.807) is 6.08 Å². The van der Waals surface area contributed by atoms with E-state index >= 15 is 0 Å². The molecule has 0 saturated carbocycles. The lowest BCUT2D eigenvalue weighted by Crippen LogP contribution is -2.18. The predicted molar refractivity (Wildman–Crippen MR) is 95.1 cm³/mol. The molecule has 25 heavy (non-hydrogen) atoms. The van der Waals surface area contributed by atoms with Gasteiger partial charge in [0.25, 0.3) is 5.89 Å². The number of hydrogen-bond acceptors (Lipinski definition) is 6. The third-order valence-corrected chi connectivity index (χ3v) is 4.17. The maximum Gasteiger partial charge on any atom is 0.437 e. The normalized spacial score (nSPS) is 11.0. The van der Waals surface area contributed by atoms with Gasteiger partial charge in [0, 0.05) is 0 Å². The van der Waals surface area contributed by atoms with Crippen molar-refractivity contribution >= 4 is 23.4 Å². The fraction of sp³-hybridized carbons (Fsp3) is 0.167. The summed E-state index contributed by atoms with van der Waals surface area (Å²) in [6.45, 7) is 0.302. The molecule has 0 bridgehead atoms. The molecule has 128 valence electrons. The second-order valence-electron chi connectivity index (χ2n) is 5.12. The number of hydrogen-bond donors (Lipinski definition) is 0. The van der Waals surface area contributed by atoms with E-state index in [9.17, 15) is 9.59 Å². The number of nitrogens with zero attached hydrogens (tertiary/aromatic N) is 2. The fourth-order valence-electron chi connectivity index (χ4n) is 2.11. The molecule has 1 aromatic carbocycles.